The monoisotopic (exact) mass is 197 g/mol. The second-order valence-electron chi connectivity index (χ2n) is 4.50. The van der Waals surface area contributed by atoms with Crippen LogP contribution in [0.2, 0.25) is 0 Å². The first kappa shape index (κ1) is 9.97. The summed E-state index contributed by atoms with van der Waals surface area (Å²) in [6.45, 7) is 1.91. The van der Waals surface area contributed by atoms with Crippen molar-refractivity contribution in [3.05, 3.63) is 0 Å². The first-order valence-corrected chi connectivity index (χ1v) is 5.61. The number of esters is 1. The Morgan fingerprint density at radius 2 is 2.07 bits per heavy atom. The second kappa shape index (κ2) is 4.30. The molecule has 0 amide bonds. The molecular formula is C11H19NO2. The molecular weight excluding hydrogens is 178 g/mol. The molecule has 3 heteroatoms. The lowest BCUT2D eigenvalue weighted by Gasteiger charge is -2.40. The molecule has 2 aliphatic rings. The highest BCUT2D eigenvalue weighted by Gasteiger charge is 2.38. The summed E-state index contributed by atoms with van der Waals surface area (Å²) in [7, 11) is 1.49. The van der Waals surface area contributed by atoms with Gasteiger partial charge in [0, 0.05) is 6.54 Å². The molecule has 3 unspecified atom stereocenters. The summed E-state index contributed by atoms with van der Waals surface area (Å²) >= 11 is 0. The van der Waals surface area contributed by atoms with Crippen molar-refractivity contribution in [2.45, 2.75) is 25.7 Å². The highest BCUT2D eigenvalue weighted by atomic mass is 16.5. The Kier molecular flexibility index (Phi) is 3.06. The summed E-state index contributed by atoms with van der Waals surface area (Å²) in [5.74, 6) is 1.38. The van der Waals surface area contributed by atoms with E-state index in [1.54, 1.807) is 0 Å². The molecule has 1 aliphatic carbocycles. The summed E-state index contributed by atoms with van der Waals surface area (Å²) in [5.41, 5.74) is 0. The van der Waals surface area contributed by atoms with Crippen LogP contribution in [0.5, 0.6) is 0 Å². The van der Waals surface area contributed by atoms with Crippen LogP contribution in [-0.4, -0.2) is 26.2 Å². The lowest BCUT2D eigenvalue weighted by Crippen LogP contribution is -2.48. The number of rotatable bonds is 1. The summed E-state index contributed by atoms with van der Waals surface area (Å²) in [6, 6.07) is 0. The number of nitrogens with one attached hydrogen (secondary N) is 1. The minimum Gasteiger partial charge on any atom is -0.469 e. The van der Waals surface area contributed by atoms with Crippen LogP contribution in [0.4, 0.5) is 0 Å². The molecule has 1 aliphatic heterocycles. The molecule has 0 bridgehead atoms. The predicted molar refractivity (Wildman–Crippen MR) is 53.8 cm³/mol. The molecule has 1 N–H and O–H groups in total. The summed E-state index contributed by atoms with van der Waals surface area (Å²) in [6.07, 6.45) is 5.11. The average molecular weight is 197 g/mol. The molecule has 0 aromatic heterocycles. The van der Waals surface area contributed by atoms with E-state index in [0.29, 0.717) is 11.8 Å². The topological polar surface area (TPSA) is 38.3 Å². The van der Waals surface area contributed by atoms with E-state index in [1.165, 1.54) is 32.8 Å². The molecule has 0 radical (unpaired) electrons. The molecule has 1 saturated carbocycles. The van der Waals surface area contributed by atoms with Gasteiger partial charge in [-0.15, -0.1) is 0 Å². The number of fused-ring (bicyclic) bond motifs is 1. The van der Waals surface area contributed by atoms with Gasteiger partial charge in [-0.2, -0.15) is 0 Å². The highest BCUT2D eigenvalue weighted by molar-refractivity contribution is 5.73. The Labute approximate surface area is 85.2 Å². The van der Waals surface area contributed by atoms with Crippen LogP contribution in [0.15, 0.2) is 0 Å². The molecule has 80 valence electrons. The number of hydrogen-bond acceptors (Lipinski definition) is 3. The molecule has 0 aromatic carbocycles. The van der Waals surface area contributed by atoms with E-state index in [0.717, 1.165) is 13.1 Å². The van der Waals surface area contributed by atoms with Crippen molar-refractivity contribution < 1.29 is 9.53 Å². The number of hydrogen-bond donors (Lipinski definition) is 1. The molecule has 0 aromatic rings. The lowest BCUT2D eigenvalue weighted by molar-refractivity contribution is -0.149. The first-order chi connectivity index (χ1) is 6.83. The number of carbonyl (C=O) groups is 1. The number of piperidine rings is 1. The third kappa shape index (κ3) is 1.78. The zero-order valence-electron chi connectivity index (χ0n) is 8.79. The zero-order chi connectivity index (χ0) is 9.97. The van der Waals surface area contributed by atoms with Crippen LogP contribution >= 0.6 is 0 Å². The van der Waals surface area contributed by atoms with Crippen LogP contribution in [0.3, 0.4) is 0 Å². The van der Waals surface area contributed by atoms with Crippen molar-refractivity contribution in [1.82, 2.24) is 5.32 Å². The summed E-state index contributed by atoms with van der Waals surface area (Å²) in [4.78, 5) is 11.6. The Balaban J connectivity index is 2.04. The SMILES string of the molecule is COC(=O)C1CNCC2CCCCC21. The molecule has 2 fully saturated rings. The van der Waals surface area contributed by atoms with Gasteiger partial charge < -0.3 is 10.1 Å². The maximum Gasteiger partial charge on any atom is 0.310 e. The maximum atomic E-state index is 11.6. The second-order valence-corrected chi connectivity index (χ2v) is 4.50. The van der Waals surface area contributed by atoms with Crippen molar-refractivity contribution in [2.75, 3.05) is 20.2 Å². The average Bonchev–Trinajstić information content (AvgIpc) is 2.27. The third-order valence-corrected chi connectivity index (χ3v) is 3.76. The van der Waals surface area contributed by atoms with Gasteiger partial charge in [0.1, 0.15) is 0 Å². The molecule has 2 rings (SSSR count). The van der Waals surface area contributed by atoms with E-state index in [-0.39, 0.29) is 11.9 Å². The highest BCUT2D eigenvalue weighted by Crippen LogP contribution is 2.37. The van der Waals surface area contributed by atoms with Crippen molar-refractivity contribution in [3.8, 4) is 0 Å². The molecule has 3 nitrogen and oxygen atoms in total. The van der Waals surface area contributed by atoms with E-state index in [4.69, 9.17) is 4.74 Å². The van der Waals surface area contributed by atoms with Gasteiger partial charge in [0.2, 0.25) is 0 Å². The van der Waals surface area contributed by atoms with Crippen LogP contribution in [-0.2, 0) is 9.53 Å². The van der Waals surface area contributed by atoms with Crippen molar-refractivity contribution in [2.24, 2.45) is 17.8 Å². The maximum absolute atomic E-state index is 11.6. The van der Waals surface area contributed by atoms with E-state index in [2.05, 4.69) is 5.32 Å². The third-order valence-electron chi connectivity index (χ3n) is 3.76. The fraction of sp³-hybridized carbons (Fsp3) is 0.909. The molecule has 3 atom stereocenters. The van der Waals surface area contributed by atoms with Crippen LogP contribution in [0.1, 0.15) is 25.7 Å². The molecule has 1 heterocycles. The quantitative estimate of drug-likeness (QED) is 0.642. The number of ether oxygens (including phenoxy) is 1. The first-order valence-electron chi connectivity index (χ1n) is 5.61. The van der Waals surface area contributed by atoms with Gasteiger partial charge in [0.15, 0.2) is 0 Å². The molecule has 14 heavy (non-hydrogen) atoms. The van der Waals surface area contributed by atoms with E-state index >= 15 is 0 Å². The Hall–Kier alpha value is -0.570. The molecule has 0 spiro atoms. The standard InChI is InChI=1S/C11H19NO2/c1-14-11(13)10-7-12-6-8-4-2-3-5-9(8)10/h8-10,12H,2-7H2,1H3. The van der Waals surface area contributed by atoms with Crippen LogP contribution in [0, 0.1) is 17.8 Å². The van der Waals surface area contributed by atoms with Crippen LogP contribution in [0.25, 0.3) is 0 Å². The van der Waals surface area contributed by atoms with Crippen molar-refractivity contribution in [1.29, 1.82) is 0 Å². The van der Waals surface area contributed by atoms with Gasteiger partial charge in [0.05, 0.1) is 13.0 Å². The van der Waals surface area contributed by atoms with E-state index in [1.807, 2.05) is 0 Å². The fourth-order valence-corrected chi connectivity index (χ4v) is 3.00. The Bertz CT molecular complexity index is 215. The van der Waals surface area contributed by atoms with Gasteiger partial charge in [0.25, 0.3) is 0 Å². The fourth-order valence-electron chi connectivity index (χ4n) is 3.00. The zero-order valence-corrected chi connectivity index (χ0v) is 8.79. The number of methoxy groups -OCH3 is 1. The van der Waals surface area contributed by atoms with Gasteiger partial charge in [-0.1, -0.05) is 12.8 Å². The molecule has 1 saturated heterocycles. The van der Waals surface area contributed by atoms with E-state index in [9.17, 15) is 4.79 Å². The summed E-state index contributed by atoms with van der Waals surface area (Å²) < 4.78 is 4.86. The number of carbonyl (C=O) groups excluding carboxylic acids is 1. The van der Waals surface area contributed by atoms with Gasteiger partial charge in [-0.25, -0.2) is 0 Å². The summed E-state index contributed by atoms with van der Waals surface area (Å²) in [5, 5.41) is 3.35. The van der Waals surface area contributed by atoms with E-state index < -0.39 is 0 Å². The van der Waals surface area contributed by atoms with Crippen molar-refractivity contribution >= 4 is 5.97 Å². The van der Waals surface area contributed by atoms with Gasteiger partial charge in [-0.05, 0) is 31.2 Å². The van der Waals surface area contributed by atoms with Gasteiger partial charge >= 0.3 is 5.97 Å². The largest absolute Gasteiger partial charge is 0.469 e. The van der Waals surface area contributed by atoms with Gasteiger partial charge in [-0.3, -0.25) is 4.79 Å². The normalized spacial score (nSPS) is 37.4. The minimum absolute atomic E-state index is 0.0194. The van der Waals surface area contributed by atoms with Crippen LogP contribution < -0.4 is 5.32 Å². The van der Waals surface area contributed by atoms with Crippen molar-refractivity contribution in [3.63, 3.8) is 0 Å². The Morgan fingerprint density at radius 1 is 1.29 bits per heavy atom. The minimum atomic E-state index is -0.0194. The lowest BCUT2D eigenvalue weighted by atomic mass is 9.70. The predicted octanol–water partition coefficient (Wildman–Crippen LogP) is 1.19. The Morgan fingerprint density at radius 3 is 2.86 bits per heavy atom. The smallest absolute Gasteiger partial charge is 0.310 e.